The number of likely N-dealkylation sites (tertiary alicyclic amines) is 1. The molecule has 1 saturated carbocycles. The van der Waals surface area contributed by atoms with Crippen LogP contribution in [0.15, 0.2) is 0 Å². The number of carbonyl (C=O) groups is 1. The maximum Gasteiger partial charge on any atom is 0.237 e. The lowest BCUT2D eigenvalue weighted by atomic mass is 9.78. The van der Waals surface area contributed by atoms with Crippen LogP contribution in [0, 0.1) is 11.8 Å². The van der Waals surface area contributed by atoms with E-state index in [9.17, 15) is 4.79 Å². The summed E-state index contributed by atoms with van der Waals surface area (Å²) in [6.07, 6.45) is 4.16. The molecule has 1 saturated heterocycles. The van der Waals surface area contributed by atoms with Crippen molar-refractivity contribution in [2.75, 3.05) is 13.5 Å². The molecule has 0 spiro atoms. The Bertz CT molecular complexity index is 393. The normalized spacial score (nSPS) is 43.9. The second-order valence-electron chi connectivity index (χ2n) is 6.26. The number of likely N-dealkylation sites (N-methyl/N-ethyl adjacent to an activating group) is 1. The molecule has 2 fully saturated rings. The Kier molecular flexibility index (Phi) is 3.86. The van der Waals surface area contributed by atoms with Crippen LogP contribution in [0.4, 0.5) is 0 Å². The van der Waals surface area contributed by atoms with E-state index in [0.717, 1.165) is 25.7 Å². The Labute approximate surface area is 126 Å². The number of halogens is 1. The van der Waals surface area contributed by atoms with Crippen LogP contribution in [0.2, 0.25) is 0 Å². The van der Waals surface area contributed by atoms with E-state index < -0.39 is 13.0 Å². The van der Waals surface area contributed by atoms with Crippen LogP contribution in [0.25, 0.3) is 0 Å². The summed E-state index contributed by atoms with van der Waals surface area (Å²) in [5.41, 5.74) is 0. The summed E-state index contributed by atoms with van der Waals surface area (Å²) in [4.78, 5) is 14.0. The zero-order chi connectivity index (χ0) is 16.5. The lowest BCUT2D eigenvalue weighted by Gasteiger charge is -2.39. The van der Waals surface area contributed by atoms with Crippen LogP contribution in [-0.4, -0.2) is 41.8 Å². The third kappa shape index (κ3) is 3.63. The molecule has 1 N–H and O–H groups in total. The standard InChI is InChI=1S/C15H27ClN2O/c1-10-8-12(16)9-11(2)14(10)17-15(19)13-6-4-5-7-18(13)3/h10-14H,4-9H2,1-3H3,(H,17,19)/i3+1D3. The highest BCUT2D eigenvalue weighted by Gasteiger charge is 2.35. The van der Waals surface area contributed by atoms with Crippen molar-refractivity contribution >= 4 is 17.5 Å². The monoisotopic (exact) mass is 290 g/mol. The molecule has 0 bridgehead atoms. The van der Waals surface area contributed by atoms with E-state index in [1.165, 1.54) is 4.90 Å². The van der Waals surface area contributed by atoms with Gasteiger partial charge < -0.3 is 5.32 Å². The molecule has 0 radical (unpaired) electrons. The molecule has 1 aliphatic heterocycles. The summed E-state index contributed by atoms with van der Waals surface area (Å²) in [5.74, 6) is 0.507. The van der Waals surface area contributed by atoms with Crippen molar-refractivity contribution in [3.63, 3.8) is 0 Å². The van der Waals surface area contributed by atoms with E-state index in [4.69, 9.17) is 15.7 Å². The average Bonchev–Trinajstić information content (AvgIpc) is 2.41. The molecule has 0 aromatic carbocycles. The van der Waals surface area contributed by atoms with E-state index in [-0.39, 0.29) is 17.3 Å². The fraction of sp³-hybridized carbons (Fsp3) is 0.933. The number of rotatable bonds is 2. The molecule has 110 valence electrons. The van der Waals surface area contributed by atoms with Crippen LogP contribution in [0.5, 0.6) is 0 Å². The molecule has 1 amide bonds. The lowest BCUT2D eigenvalue weighted by Crippen LogP contribution is -2.54. The Morgan fingerprint density at radius 1 is 1.32 bits per heavy atom. The lowest BCUT2D eigenvalue weighted by molar-refractivity contribution is -0.128. The summed E-state index contributed by atoms with van der Waals surface area (Å²) in [5, 5.41) is 3.29. The highest BCUT2D eigenvalue weighted by Crippen LogP contribution is 2.32. The summed E-state index contributed by atoms with van der Waals surface area (Å²) in [6, 6.07) is -0.447. The van der Waals surface area contributed by atoms with Gasteiger partial charge in [-0.1, -0.05) is 20.3 Å². The number of nitrogens with one attached hydrogen (secondary N) is 1. The van der Waals surface area contributed by atoms with Crippen LogP contribution in [0.3, 0.4) is 0 Å². The van der Waals surface area contributed by atoms with Gasteiger partial charge in [0.2, 0.25) is 5.91 Å². The van der Waals surface area contributed by atoms with Crippen LogP contribution in [0.1, 0.15) is 50.1 Å². The minimum atomic E-state index is -2.20. The third-order valence-electron chi connectivity index (χ3n) is 4.60. The van der Waals surface area contributed by atoms with E-state index >= 15 is 0 Å². The highest BCUT2D eigenvalue weighted by molar-refractivity contribution is 6.20. The summed E-state index contributed by atoms with van der Waals surface area (Å²) in [6.45, 7) is 2.48. The maximum atomic E-state index is 12.7. The average molecular weight is 291 g/mol. The van der Waals surface area contributed by atoms with E-state index in [2.05, 4.69) is 19.2 Å². The van der Waals surface area contributed by atoms with Crippen molar-refractivity contribution in [3.8, 4) is 0 Å². The molecular formula is C15H27ClN2O. The minimum Gasteiger partial charge on any atom is -0.351 e. The number of hydrogen-bond acceptors (Lipinski definition) is 2. The second kappa shape index (κ2) is 6.45. The van der Waals surface area contributed by atoms with Crippen molar-refractivity contribution in [2.24, 2.45) is 11.8 Å². The van der Waals surface area contributed by atoms with E-state index in [1.807, 2.05) is 0 Å². The summed E-state index contributed by atoms with van der Waals surface area (Å²) in [7, 11) is 0. The fourth-order valence-electron chi connectivity index (χ4n) is 3.51. The van der Waals surface area contributed by atoms with Gasteiger partial charge in [0, 0.05) is 15.5 Å². The zero-order valence-corrected chi connectivity index (χ0v) is 12.6. The van der Waals surface area contributed by atoms with Gasteiger partial charge in [0.15, 0.2) is 0 Å². The Morgan fingerprint density at radius 2 is 2.00 bits per heavy atom. The van der Waals surface area contributed by atoms with Crippen LogP contribution < -0.4 is 5.32 Å². The first-order chi connectivity index (χ1) is 10.2. The molecule has 0 aromatic rings. The molecule has 1 aliphatic carbocycles. The summed E-state index contributed by atoms with van der Waals surface area (Å²) >= 11 is 6.24. The summed E-state index contributed by atoms with van der Waals surface area (Å²) < 4.78 is 22.9. The smallest absolute Gasteiger partial charge is 0.237 e. The van der Waals surface area contributed by atoms with Crippen LogP contribution in [-0.2, 0) is 4.79 Å². The maximum absolute atomic E-state index is 12.7. The Morgan fingerprint density at radius 3 is 2.63 bits per heavy atom. The van der Waals surface area contributed by atoms with Gasteiger partial charge in [-0.15, -0.1) is 11.6 Å². The van der Waals surface area contributed by atoms with Crippen LogP contribution >= 0.6 is 11.6 Å². The molecule has 1 heterocycles. The molecule has 3 nitrogen and oxygen atoms in total. The first-order valence-electron chi connectivity index (χ1n) is 8.91. The first-order valence-corrected chi connectivity index (χ1v) is 7.85. The van der Waals surface area contributed by atoms with Gasteiger partial charge in [-0.2, -0.15) is 0 Å². The first kappa shape index (κ1) is 11.4. The van der Waals surface area contributed by atoms with Gasteiger partial charge in [-0.25, -0.2) is 0 Å². The molecule has 3 unspecified atom stereocenters. The van der Waals surface area contributed by atoms with Gasteiger partial charge in [0.25, 0.3) is 0 Å². The van der Waals surface area contributed by atoms with Crippen molar-refractivity contribution in [3.05, 3.63) is 0 Å². The number of piperidine rings is 1. The van der Waals surface area contributed by atoms with Crippen molar-refractivity contribution in [2.45, 2.75) is 63.4 Å². The Balaban J connectivity index is 2.03. The van der Waals surface area contributed by atoms with Gasteiger partial charge in [-0.05, 0) is 51.0 Å². The predicted molar refractivity (Wildman–Crippen MR) is 79.4 cm³/mol. The van der Waals surface area contributed by atoms with Gasteiger partial charge in [0.1, 0.15) is 0 Å². The van der Waals surface area contributed by atoms with Crippen molar-refractivity contribution < 1.29 is 8.91 Å². The molecule has 0 aromatic heterocycles. The zero-order valence-electron chi connectivity index (χ0n) is 14.9. The second-order valence-corrected chi connectivity index (χ2v) is 6.88. The molecular weight excluding hydrogens is 261 g/mol. The molecule has 3 atom stereocenters. The number of carbonyl (C=O) groups excluding carboxylic acids is 1. The number of nitrogens with zero attached hydrogens (tertiary/aromatic N) is 1. The number of hydrogen-bond donors (Lipinski definition) is 1. The van der Waals surface area contributed by atoms with E-state index in [0.29, 0.717) is 24.8 Å². The molecule has 2 aliphatic rings. The third-order valence-corrected chi connectivity index (χ3v) is 4.95. The van der Waals surface area contributed by atoms with Crippen molar-refractivity contribution in [1.29, 1.82) is 0 Å². The molecule has 4 heteroatoms. The molecule has 19 heavy (non-hydrogen) atoms. The van der Waals surface area contributed by atoms with Gasteiger partial charge >= 0.3 is 0 Å². The number of alkyl halides is 1. The topological polar surface area (TPSA) is 32.3 Å². The largest absolute Gasteiger partial charge is 0.351 e. The highest BCUT2D eigenvalue weighted by atomic mass is 35.5. The molecule has 2 rings (SSSR count). The quantitative estimate of drug-likeness (QED) is 0.626. The SMILES string of the molecule is [2H][13C]([2H])([2H])N1CCCCC1C(=O)NC1C(C)CC(Cl)CC1C. The van der Waals surface area contributed by atoms with Gasteiger partial charge in [0.05, 0.1) is 6.04 Å². The Hall–Kier alpha value is -0.280. The van der Waals surface area contributed by atoms with E-state index in [1.54, 1.807) is 0 Å². The predicted octanol–water partition coefficient (Wildman–Crippen LogP) is 2.63. The van der Waals surface area contributed by atoms with Crippen molar-refractivity contribution in [1.82, 2.24) is 10.2 Å². The fourth-order valence-corrected chi connectivity index (χ4v) is 4.07. The number of amides is 1. The minimum absolute atomic E-state index is 0.0860. The van der Waals surface area contributed by atoms with Gasteiger partial charge in [-0.3, -0.25) is 9.69 Å².